The summed E-state index contributed by atoms with van der Waals surface area (Å²) in [5, 5.41) is 4.09. The van der Waals surface area contributed by atoms with Crippen LogP contribution in [-0.4, -0.2) is 16.4 Å². The minimum atomic E-state index is -0.300. The molecule has 0 aliphatic heterocycles. The Hall–Kier alpha value is -1.88. The van der Waals surface area contributed by atoms with Crippen LogP contribution in [0.2, 0.25) is 0 Å². The van der Waals surface area contributed by atoms with Crippen molar-refractivity contribution in [2.45, 2.75) is 19.4 Å². The van der Waals surface area contributed by atoms with Crippen LogP contribution in [0.4, 0.5) is 4.39 Å². The number of hydrogen-bond donors (Lipinski definition) is 1. The summed E-state index contributed by atoms with van der Waals surface area (Å²) < 4.78 is 20.7. The normalized spacial score (nSPS) is 12.4. The summed E-state index contributed by atoms with van der Waals surface area (Å²) in [5.74, 6) is 0.338. The molecule has 1 heterocycles. The van der Waals surface area contributed by atoms with Crippen LogP contribution in [0.1, 0.15) is 24.2 Å². The van der Waals surface area contributed by atoms with Gasteiger partial charge in [-0.1, -0.05) is 0 Å². The van der Waals surface area contributed by atoms with Gasteiger partial charge in [0, 0.05) is 37.0 Å². The van der Waals surface area contributed by atoms with Crippen molar-refractivity contribution in [3.8, 4) is 5.75 Å². The molecule has 0 bridgehead atoms. The van der Waals surface area contributed by atoms with E-state index in [1.54, 1.807) is 16.9 Å². The summed E-state index contributed by atoms with van der Waals surface area (Å²) in [6, 6.07) is 6.11. The zero-order valence-electron chi connectivity index (χ0n) is 11.1. The molecule has 1 atom stereocenters. The maximum Gasteiger partial charge on any atom is 0.124 e. The van der Waals surface area contributed by atoms with Crippen LogP contribution in [0.5, 0.6) is 5.75 Å². The van der Waals surface area contributed by atoms with E-state index in [2.05, 4.69) is 5.10 Å². The van der Waals surface area contributed by atoms with E-state index < -0.39 is 0 Å². The largest absolute Gasteiger partial charge is 0.493 e. The topological polar surface area (TPSA) is 53.1 Å². The Balaban J connectivity index is 2.01. The van der Waals surface area contributed by atoms with Crippen LogP contribution in [-0.2, 0) is 13.5 Å². The molecule has 0 amide bonds. The van der Waals surface area contributed by atoms with Crippen LogP contribution in [0.3, 0.4) is 0 Å². The molecule has 0 saturated carbocycles. The van der Waals surface area contributed by atoms with Crippen LogP contribution in [0.25, 0.3) is 0 Å². The fourth-order valence-corrected chi connectivity index (χ4v) is 1.92. The fourth-order valence-electron chi connectivity index (χ4n) is 1.92. The second-order valence-electron chi connectivity index (χ2n) is 4.52. The highest BCUT2D eigenvalue weighted by Gasteiger charge is 2.10. The molecule has 0 aliphatic carbocycles. The molecule has 0 fully saturated rings. The first-order valence-electron chi connectivity index (χ1n) is 6.22. The Morgan fingerprint density at radius 1 is 1.42 bits per heavy atom. The fraction of sp³-hybridized carbons (Fsp3) is 0.357. The number of nitrogens with zero attached hydrogens (tertiary/aromatic N) is 2. The van der Waals surface area contributed by atoms with Gasteiger partial charge < -0.3 is 10.5 Å². The number of aryl methyl sites for hydroxylation is 1. The van der Waals surface area contributed by atoms with Gasteiger partial charge in [0.1, 0.15) is 11.6 Å². The van der Waals surface area contributed by atoms with Crippen molar-refractivity contribution in [2.24, 2.45) is 12.8 Å². The van der Waals surface area contributed by atoms with Gasteiger partial charge in [-0.25, -0.2) is 4.39 Å². The molecule has 0 spiro atoms. The smallest absolute Gasteiger partial charge is 0.124 e. The van der Waals surface area contributed by atoms with Gasteiger partial charge >= 0.3 is 0 Å². The molecule has 0 saturated heterocycles. The second-order valence-corrected chi connectivity index (χ2v) is 4.52. The minimum Gasteiger partial charge on any atom is -0.493 e. The molecule has 2 N–H and O–H groups in total. The lowest BCUT2D eigenvalue weighted by Crippen LogP contribution is -2.11. The van der Waals surface area contributed by atoms with E-state index in [4.69, 9.17) is 10.5 Å². The number of halogens is 1. The molecular weight excluding hydrogens is 245 g/mol. The van der Waals surface area contributed by atoms with Crippen molar-refractivity contribution >= 4 is 0 Å². The quantitative estimate of drug-likeness (QED) is 0.899. The van der Waals surface area contributed by atoms with Gasteiger partial charge in [0.25, 0.3) is 0 Å². The number of hydrogen-bond acceptors (Lipinski definition) is 3. The number of rotatable bonds is 5. The SMILES string of the molecule is C[C@H](N)c1cc(F)ccc1OCCc1ccnn1C. The predicted octanol–water partition coefficient (Wildman–Crippen LogP) is 2.20. The third-order valence-electron chi connectivity index (χ3n) is 3.00. The van der Waals surface area contributed by atoms with E-state index in [1.165, 1.54) is 12.1 Å². The standard InChI is InChI=1S/C14H18FN3O/c1-10(16)13-9-11(15)3-4-14(13)19-8-6-12-5-7-17-18(12)2/h3-5,7,9-10H,6,8,16H2,1-2H3/t10-/m0/s1. The molecule has 2 aromatic rings. The Morgan fingerprint density at radius 2 is 2.21 bits per heavy atom. The molecule has 102 valence electrons. The second kappa shape index (κ2) is 5.84. The molecule has 1 aromatic carbocycles. The lowest BCUT2D eigenvalue weighted by atomic mass is 10.1. The molecular formula is C14H18FN3O. The van der Waals surface area contributed by atoms with Gasteiger partial charge in [-0.05, 0) is 31.2 Å². The van der Waals surface area contributed by atoms with Gasteiger partial charge in [0.15, 0.2) is 0 Å². The molecule has 0 radical (unpaired) electrons. The highest BCUT2D eigenvalue weighted by molar-refractivity contribution is 5.36. The van der Waals surface area contributed by atoms with Crippen molar-refractivity contribution in [2.75, 3.05) is 6.61 Å². The zero-order chi connectivity index (χ0) is 13.8. The number of nitrogens with two attached hydrogens (primary N) is 1. The molecule has 2 rings (SSSR count). The molecule has 0 aliphatic rings. The summed E-state index contributed by atoms with van der Waals surface area (Å²) in [5.41, 5.74) is 7.59. The van der Waals surface area contributed by atoms with Gasteiger partial charge in [-0.15, -0.1) is 0 Å². The van der Waals surface area contributed by atoms with Crippen molar-refractivity contribution in [1.82, 2.24) is 9.78 Å². The molecule has 4 nitrogen and oxygen atoms in total. The van der Waals surface area contributed by atoms with Crippen LogP contribution in [0.15, 0.2) is 30.5 Å². The lowest BCUT2D eigenvalue weighted by Gasteiger charge is -2.14. The van der Waals surface area contributed by atoms with Gasteiger partial charge in [0.2, 0.25) is 0 Å². The van der Waals surface area contributed by atoms with Crippen molar-refractivity contribution in [1.29, 1.82) is 0 Å². The first-order valence-corrected chi connectivity index (χ1v) is 6.22. The van der Waals surface area contributed by atoms with E-state index in [1.807, 2.05) is 20.0 Å². The summed E-state index contributed by atoms with van der Waals surface area (Å²) in [4.78, 5) is 0. The maximum atomic E-state index is 13.2. The summed E-state index contributed by atoms with van der Waals surface area (Å²) >= 11 is 0. The van der Waals surface area contributed by atoms with Gasteiger partial charge in [0.05, 0.1) is 6.61 Å². The highest BCUT2D eigenvalue weighted by Crippen LogP contribution is 2.24. The molecule has 19 heavy (non-hydrogen) atoms. The van der Waals surface area contributed by atoms with Crippen molar-refractivity contribution < 1.29 is 9.13 Å². The summed E-state index contributed by atoms with van der Waals surface area (Å²) in [7, 11) is 1.89. The average Bonchev–Trinajstić information content (AvgIpc) is 2.77. The number of benzene rings is 1. The van der Waals surface area contributed by atoms with Crippen LogP contribution < -0.4 is 10.5 Å². The maximum absolute atomic E-state index is 13.2. The van der Waals surface area contributed by atoms with Crippen molar-refractivity contribution in [3.63, 3.8) is 0 Å². The zero-order valence-corrected chi connectivity index (χ0v) is 11.1. The third kappa shape index (κ3) is 3.32. The van der Waals surface area contributed by atoms with E-state index in [0.717, 1.165) is 12.1 Å². The van der Waals surface area contributed by atoms with E-state index >= 15 is 0 Å². The van der Waals surface area contributed by atoms with E-state index in [9.17, 15) is 4.39 Å². The summed E-state index contributed by atoms with van der Waals surface area (Å²) in [6.07, 6.45) is 2.49. The predicted molar refractivity (Wildman–Crippen MR) is 71.4 cm³/mol. The van der Waals surface area contributed by atoms with Crippen LogP contribution in [0, 0.1) is 5.82 Å². The molecule has 5 heteroatoms. The minimum absolute atomic E-state index is 0.262. The van der Waals surface area contributed by atoms with E-state index in [0.29, 0.717) is 17.9 Å². The number of ether oxygens (including phenoxy) is 1. The monoisotopic (exact) mass is 263 g/mol. The molecule has 1 aromatic heterocycles. The van der Waals surface area contributed by atoms with Crippen molar-refractivity contribution in [3.05, 3.63) is 47.5 Å². The van der Waals surface area contributed by atoms with E-state index in [-0.39, 0.29) is 11.9 Å². The first-order chi connectivity index (χ1) is 9.08. The summed E-state index contributed by atoms with van der Waals surface area (Å²) in [6.45, 7) is 2.31. The number of aromatic nitrogens is 2. The Morgan fingerprint density at radius 3 is 2.84 bits per heavy atom. The highest BCUT2D eigenvalue weighted by atomic mass is 19.1. The lowest BCUT2D eigenvalue weighted by molar-refractivity contribution is 0.313. The Bertz CT molecular complexity index is 551. The van der Waals surface area contributed by atoms with Crippen LogP contribution >= 0.6 is 0 Å². The van der Waals surface area contributed by atoms with Gasteiger partial charge in [-0.2, -0.15) is 5.10 Å². The Labute approximate surface area is 112 Å². The van der Waals surface area contributed by atoms with Gasteiger partial charge in [-0.3, -0.25) is 4.68 Å². The third-order valence-corrected chi connectivity index (χ3v) is 3.00. The first kappa shape index (κ1) is 13.5. The average molecular weight is 263 g/mol. The Kier molecular flexibility index (Phi) is 4.16. The molecule has 0 unspecified atom stereocenters.